The van der Waals surface area contributed by atoms with Gasteiger partial charge in [0.05, 0.1) is 25.0 Å². The van der Waals surface area contributed by atoms with E-state index in [1.54, 1.807) is 4.90 Å². The van der Waals surface area contributed by atoms with Crippen LogP contribution in [-0.4, -0.2) is 77.1 Å². The van der Waals surface area contributed by atoms with Crippen molar-refractivity contribution in [3.8, 4) is 5.75 Å². The number of carboxylic acid groups (broad SMARTS) is 1. The van der Waals surface area contributed by atoms with Gasteiger partial charge in [-0.05, 0) is 26.0 Å². The fraction of sp³-hybridized carbons (Fsp3) is 0.520. The normalized spacial score (nSPS) is 15.6. The molecule has 10 nitrogen and oxygen atoms in total. The number of anilines is 2. The summed E-state index contributed by atoms with van der Waals surface area (Å²) in [6, 6.07) is 3.52. The summed E-state index contributed by atoms with van der Waals surface area (Å²) < 4.78 is 69.5. The molecular weight excluding hydrogens is 545 g/mol. The molecular formula is C25H30F5N5O5. The van der Waals surface area contributed by atoms with Gasteiger partial charge in [-0.15, -0.1) is 0 Å². The van der Waals surface area contributed by atoms with E-state index in [1.807, 2.05) is 13.8 Å². The van der Waals surface area contributed by atoms with E-state index in [0.717, 1.165) is 29.1 Å². The Labute approximate surface area is 227 Å². The number of halogens is 5. The summed E-state index contributed by atoms with van der Waals surface area (Å²) in [5.41, 5.74) is 1.65. The summed E-state index contributed by atoms with van der Waals surface area (Å²) in [6.45, 7) is 6.27. The standard InChI is InChI=1S/C23H29F2N5O3.C2HF3O2/c1-14(2)26-21-22(28-19-13-30(23(31)32-3)11-8-18(19)27-21)29-9-6-16(7-10-29)33-20-5-4-15(24)12-17(20)25;3-2(4,5)1(6)7/h4-5,12,14,16H,6-11,13H2,1-3H3,(H,26,27);(H,6,7). The van der Waals surface area contributed by atoms with E-state index in [9.17, 15) is 26.7 Å². The number of carbonyl (C=O) groups excluding carboxylic acids is 1. The first-order valence-corrected chi connectivity index (χ1v) is 12.4. The summed E-state index contributed by atoms with van der Waals surface area (Å²) in [6.07, 6.45) is -3.71. The van der Waals surface area contributed by atoms with Crippen molar-refractivity contribution in [3.63, 3.8) is 0 Å². The average Bonchev–Trinajstić information content (AvgIpc) is 2.89. The highest BCUT2D eigenvalue weighted by Gasteiger charge is 2.38. The zero-order valence-electron chi connectivity index (χ0n) is 22.1. The van der Waals surface area contributed by atoms with Crippen LogP contribution in [0, 0.1) is 11.6 Å². The molecule has 220 valence electrons. The first kappa shape index (κ1) is 30.6. The number of fused-ring (bicyclic) bond motifs is 1. The summed E-state index contributed by atoms with van der Waals surface area (Å²) in [5.74, 6) is -2.56. The number of ether oxygens (including phenoxy) is 2. The van der Waals surface area contributed by atoms with Gasteiger partial charge in [0.15, 0.2) is 23.2 Å². The lowest BCUT2D eigenvalue weighted by atomic mass is 10.1. The quantitative estimate of drug-likeness (QED) is 0.501. The lowest BCUT2D eigenvalue weighted by Gasteiger charge is -2.35. The minimum atomic E-state index is -5.08. The first-order chi connectivity index (χ1) is 18.8. The number of piperidine rings is 1. The molecule has 2 aliphatic rings. The number of aliphatic carboxylic acids is 1. The SMILES string of the molecule is COC(=O)N1CCc2nc(NC(C)C)c(N3CCC(Oc4ccc(F)cc4F)CC3)nc2C1.O=C(O)C(F)(F)F. The van der Waals surface area contributed by atoms with Crippen molar-refractivity contribution >= 4 is 23.7 Å². The molecule has 1 amide bonds. The number of hydrogen-bond acceptors (Lipinski definition) is 8. The highest BCUT2D eigenvalue weighted by atomic mass is 19.4. The predicted molar refractivity (Wildman–Crippen MR) is 133 cm³/mol. The Hall–Kier alpha value is -3.91. The van der Waals surface area contributed by atoms with E-state index in [1.165, 1.54) is 19.2 Å². The Balaban J connectivity index is 0.000000559. The van der Waals surface area contributed by atoms with Gasteiger partial charge in [0, 0.05) is 51.0 Å². The van der Waals surface area contributed by atoms with Crippen LogP contribution >= 0.6 is 0 Å². The first-order valence-electron chi connectivity index (χ1n) is 12.4. The number of nitrogens with zero attached hydrogens (tertiary/aromatic N) is 4. The molecule has 40 heavy (non-hydrogen) atoms. The van der Waals surface area contributed by atoms with E-state index >= 15 is 0 Å². The van der Waals surface area contributed by atoms with Crippen molar-refractivity contribution in [2.75, 3.05) is 37.0 Å². The minimum Gasteiger partial charge on any atom is -0.487 e. The van der Waals surface area contributed by atoms with E-state index < -0.39 is 23.8 Å². The fourth-order valence-corrected chi connectivity index (χ4v) is 4.13. The van der Waals surface area contributed by atoms with Gasteiger partial charge in [0.25, 0.3) is 0 Å². The molecule has 1 aromatic carbocycles. The number of benzene rings is 1. The summed E-state index contributed by atoms with van der Waals surface area (Å²) >= 11 is 0. The number of carbonyl (C=O) groups is 2. The van der Waals surface area contributed by atoms with Crippen LogP contribution < -0.4 is 15.0 Å². The minimum absolute atomic E-state index is 0.0634. The summed E-state index contributed by atoms with van der Waals surface area (Å²) in [4.78, 5) is 34.4. The number of alkyl halides is 3. The van der Waals surface area contributed by atoms with Gasteiger partial charge < -0.3 is 29.7 Å². The van der Waals surface area contributed by atoms with Crippen molar-refractivity contribution in [2.24, 2.45) is 0 Å². The Morgan fingerprint density at radius 1 is 1.10 bits per heavy atom. The molecule has 0 unspecified atom stereocenters. The molecule has 1 fully saturated rings. The van der Waals surface area contributed by atoms with Crippen molar-refractivity contribution in [2.45, 2.75) is 58.0 Å². The van der Waals surface area contributed by atoms with E-state index in [0.29, 0.717) is 45.4 Å². The van der Waals surface area contributed by atoms with Crippen LogP contribution in [0.15, 0.2) is 18.2 Å². The average molecular weight is 576 g/mol. The van der Waals surface area contributed by atoms with E-state index in [4.69, 9.17) is 29.3 Å². The molecule has 3 heterocycles. The zero-order valence-corrected chi connectivity index (χ0v) is 22.1. The monoisotopic (exact) mass is 575 g/mol. The lowest BCUT2D eigenvalue weighted by molar-refractivity contribution is -0.192. The Bertz CT molecular complexity index is 1210. The highest BCUT2D eigenvalue weighted by molar-refractivity contribution is 5.73. The second-order valence-electron chi connectivity index (χ2n) is 9.41. The number of aromatic nitrogens is 2. The van der Waals surface area contributed by atoms with Crippen LogP contribution in [0.2, 0.25) is 0 Å². The zero-order chi connectivity index (χ0) is 29.6. The van der Waals surface area contributed by atoms with Gasteiger partial charge in [-0.3, -0.25) is 0 Å². The number of carboxylic acids is 1. The van der Waals surface area contributed by atoms with E-state index in [2.05, 4.69) is 10.2 Å². The summed E-state index contributed by atoms with van der Waals surface area (Å²) in [5, 5.41) is 10.5. The number of methoxy groups -OCH3 is 1. The van der Waals surface area contributed by atoms with Crippen molar-refractivity contribution in [1.82, 2.24) is 14.9 Å². The van der Waals surface area contributed by atoms with Gasteiger partial charge in [-0.25, -0.2) is 28.3 Å². The Morgan fingerprint density at radius 3 is 2.30 bits per heavy atom. The van der Waals surface area contributed by atoms with Crippen molar-refractivity contribution in [3.05, 3.63) is 41.2 Å². The van der Waals surface area contributed by atoms with Crippen LogP contribution in [0.25, 0.3) is 0 Å². The van der Waals surface area contributed by atoms with Crippen LogP contribution in [0.3, 0.4) is 0 Å². The van der Waals surface area contributed by atoms with Gasteiger partial charge >= 0.3 is 18.2 Å². The molecule has 4 rings (SSSR count). The third-order valence-corrected chi connectivity index (χ3v) is 6.02. The third-order valence-electron chi connectivity index (χ3n) is 6.02. The second kappa shape index (κ2) is 13.0. The van der Waals surface area contributed by atoms with Crippen molar-refractivity contribution in [1.29, 1.82) is 0 Å². The maximum Gasteiger partial charge on any atom is 0.490 e. The van der Waals surface area contributed by atoms with Crippen molar-refractivity contribution < 1.29 is 46.1 Å². The Kier molecular flexibility index (Phi) is 9.93. The molecule has 1 saturated heterocycles. The number of nitrogens with one attached hydrogen (secondary N) is 1. The molecule has 0 bridgehead atoms. The van der Waals surface area contributed by atoms with Crippen LogP contribution in [0.5, 0.6) is 5.75 Å². The maximum atomic E-state index is 14.0. The Morgan fingerprint density at radius 2 is 1.75 bits per heavy atom. The molecule has 0 saturated carbocycles. The second-order valence-corrected chi connectivity index (χ2v) is 9.41. The number of rotatable bonds is 5. The molecule has 0 aliphatic carbocycles. The van der Waals surface area contributed by atoms with Gasteiger partial charge in [-0.1, -0.05) is 0 Å². The molecule has 2 aliphatic heterocycles. The molecule has 0 spiro atoms. The molecule has 15 heteroatoms. The predicted octanol–water partition coefficient (Wildman–Crippen LogP) is 4.38. The molecule has 2 N–H and O–H groups in total. The van der Waals surface area contributed by atoms with Crippen LogP contribution in [-0.2, 0) is 22.5 Å². The number of hydrogen-bond donors (Lipinski definition) is 2. The molecule has 1 aromatic heterocycles. The number of amides is 1. The van der Waals surface area contributed by atoms with E-state index in [-0.39, 0.29) is 24.0 Å². The topological polar surface area (TPSA) is 117 Å². The van der Waals surface area contributed by atoms with Gasteiger partial charge in [-0.2, -0.15) is 13.2 Å². The van der Waals surface area contributed by atoms with Gasteiger partial charge in [0.2, 0.25) is 0 Å². The molecule has 0 atom stereocenters. The third kappa shape index (κ3) is 8.05. The largest absolute Gasteiger partial charge is 0.490 e. The summed E-state index contributed by atoms with van der Waals surface area (Å²) in [7, 11) is 1.37. The smallest absolute Gasteiger partial charge is 0.487 e. The molecule has 0 radical (unpaired) electrons. The lowest BCUT2D eigenvalue weighted by Crippen LogP contribution is -2.41. The maximum absolute atomic E-state index is 14.0. The highest BCUT2D eigenvalue weighted by Crippen LogP contribution is 2.30. The van der Waals surface area contributed by atoms with Gasteiger partial charge in [0.1, 0.15) is 11.9 Å². The van der Waals surface area contributed by atoms with Crippen LogP contribution in [0.1, 0.15) is 38.1 Å². The fourth-order valence-electron chi connectivity index (χ4n) is 4.13. The molecule has 2 aromatic rings. The van der Waals surface area contributed by atoms with Crippen LogP contribution in [0.4, 0.5) is 38.4 Å².